The predicted molar refractivity (Wildman–Crippen MR) is 88.6 cm³/mol. The van der Waals surface area contributed by atoms with E-state index in [0.717, 1.165) is 47.8 Å². The van der Waals surface area contributed by atoms with Crippen LogP contribution in [0.1, 0.15) is 37.9 Å². The molecular formula is C19H24N2O. The summed E-state index contributed by atoms with van der Waals surface area (Å²) in [6, 6.07) is 10.4. The fourth-order valence-corrected chi connectivity index (χ4v) is 4.55. The molecule has 0 saturated carbocycles. The smallest absolute Gasteiger partial charge is 0.0952 e. The third-order valence-corrected chi connectivity index (χ3v) is 5.83. The van der Waals surface area contributed by atoms with Gasteiger partial charge in [-0.3, -0.25) is 9.88 Å². The Morgan fingerprint density at radius 1 is 1.32 bits per heavy atom. The Balaban J connectivity index is 1.66. The van der Waals surface area contributed by atoms with Crippen LogP contribution < -0.4 is 0 Å². The standard InChI is InChI=1S/C19H24N2O/c1-2-13-12-21-10-8-14(13)11-18(21)19(22)16-7-9-20-17-6-4-3-5-15(16)17/h3-7,9,13-14,18-19,22H,2,8,10-12H2,1H3/t13-,14?,18-,19+/m0/s1. The van der Waals surface area contributed by atoms with Gasteiger partial charge in [-0.05, 0) is 48.9 Å². The van der Waals surface area contributed by atoms with Crippen molar-refractivity contribution < 1.29 is 5.11 Å². The largest absolute Gasteiger partial charge is 0.387 e. The second kappa shape index (κ2) is 5.64. The second-order valence-corrected chi connectivity index (χ2v) is 6.88. The summed E-state index contributed by atoms with van der Waals surface area (Å²) >= 11 is 0. The molecule has 1 N–H and O–H groups in total. The van der Waals surface area contributed by atoms with Crippen molar-refractivity contribution in [2.75, 3.05) is 13.1 Å². The van der Waals surface area contributed by atoms with Crippen LogP contribution in [-0.4, -0.2) is 34.1 Å². The predicted octanol–water partition coefficient (Wildman–Crippen LogP) is 3.39. The molecule has 4 heterocycles. The number of benzene rings is 1. The van der Waals surface area contributed by atoms with Crippen LogP contribution in [0.15, 0.2) is 36.5 Å². The van der Waals surface area contributed by atoms with Crippen LogP contribution in [0.5, 0.6) is 0 Å². The molecule has 116 valence electrons. The third kappa shape index (κ3) is 2.24. The van der Waals surface area contributed by atoms with E-state index in [1.165, 1.54) is 12.8 Å². The van der Waals surface area contributed by atoms with Crippen molar-refractivity contribution in [1.29, 1.82) is 0 Å². The van der Waals surface area contributed by atoms with E-state index < -0.39 is 6.10 Å². The van der Waals surface area contributed by atoms with Crippen molar-refractivity contribution in [2.24, 2.45) is 11.8 Å². The molecule has 3 heteroatoms. The van der Waals surface area contributed by atoms with Gasteiger partial charge in [-0.2, -0.15) is 0 Å². The van der Waals surface area contributed by atoms with Gasteiger partial charge in [0.25, 0.3) is 0 Å². The number of aliphatic hydroxyl groups is 1. The van der Waals surface area contributed by atoms with Crippen LogP contribution in [0, 0.1) is 11.8 Å². The number of hydrogen-bond donors (Lipinski definition) is 1. The lowest BCUT2D eigenvalue weighted by atomic mass is 9.72. The van der Waals surface area contributed by atoms with Crippen molar-refractivity contribution in [3.05, 3.63) is 42.1 Å². The van der Waals surface area contributed by atoms with Gasteiger partial charge in [0, 0.05) is 24.2 Å². The monoisotopic (exact) mass is 296 g/mol. The average Bonchev–Trinajstić information content (AvgIpc) is 2.60. The van der Waals surface area contributed by atoms with Gasteiger partial charge >= 0.3 is 0 Å². The topological polar surface area (TPSA) is 36.4 Å². The van der Waals surface area contributed by atoms with Crippen LogP contribution in [0.3, 0.4) is 0 Å². The van der Waals surface area contributed by atoms with Crippen LogP contribution >= 0.6 is 0 Å². The van der Waals surface area contributed by atoms with Gasteiger partial charge in [-0.25, -0.2) is 0 Å². The van der Waals surface area contributed by atoms with E-state index in [2.05, 4.69) is 22.9 Å². The first-order chi connectivity index (χ1) is 10.8. The Kier molecular flexibility index (Phi) is 3.63. The first-order valence-corrected chi connectivity index (χ1v) is 8.53. The minimum absolute atomic E-state index is 0.271. The van der Waals surface area contributed by atoms with Gasteiger partial charge in [0.05, 0.1) is 11.6 Å². The highest BCUT2D eigenvalue weighted by Gasteiger charge is 2.42. The molecule has 1 aromatic heterocycles. The number of piperidine rings is 3. The minimum Gasteiger partial charge on any atom is -0.387 e. The van der Waals surface area contributed by atoms with E-state index in [0.29, 0.717) is 0 Å². The van der Waals surface area contributed by atoms with Crippen LogP contribution in [0.25, 0.3) is 10.9 Å². The maximum Gasteiger partial charge on any atom is 0.0952 e. The van der Waals surface area contributed by atoms with Crippen molar-refractivity contribution >= 4 is 10.9 Å². The first-order valence-electron chi connectivity index (χ1n) is 8.53. The maximum atomic E-state index is 11.1. The zero-order chi connectivity index (χ0) is 15.1. The summed E-state index contributed by atoms with van der Waals surface area (Å²) in [6.07, 6.45) is 5.12. The lowest BCUT2D eigenvalue weighted by Gasteiger charge is -2.51. The minimum atomic E-state index is -0.409. The van der Waals surface area contributed by atoms with Crippen molar-refractivity contribution in [3.63, 3.8) is 0 Å². The van der Waals surface area contributed by atoms with Crippen molar-refractivity contribution in [1.82, 2.24) is 9.88 Å². The summed E-state index contributed by atoms with van der Waals surface area (Å²) in [5.74, 6) is 1.62. The average molecular weight is 296 g/mol. The molecule has 22 heavy (non-hydrogen) atoms. The highest BCUT2D eigenvalue weighted by Crippen LogP contribution is 2.42. The Bertz CT molecular complexity index is 666. The van der Waals surface area contributed by atoms with Gasteiger partial charge in [0.15, 0.2) is 0 Å². The van der Waals surface area contributed by atoms with Gasteiger partial charge in [-0.1, -0.05) is 31.5 Å². The Morgan fingerprint density at radius 2 is 2.18 bits per heavy atom. The number of nitrogens with zero attached hydrogens (tertiary/aromatic N) is 2. The number of para-hydroxylation sites is 1. The van der Waals surface area contributed by atoms with E-state index in [4.69, 9.17) is 0 Å². The molecule has 3 nitrogen and oxygen atoms in total. The number of aliphatic hydroxyl groups excluding tert-OH is 1. The molecule has 5 atom stereocenters. The lowest BCUT2D eigenvalue weighted by molar-refractivity contribution is -0.0562. The van der Waals surface area contributed by atoms with E-state index >= 15 is 0 Å². The van der Waals surface area contributed by atoms with E-state index in [-0.39, 0.29) is 6.04 Å². The number of hydrogen-bond acceptors (Lipinski definition) is 3. The fraction of sp³-hybridized carbons (Fsp3) is 0.526. The van der Waals surface area contributed by atoms with E-state index in [1.807, 2.05) is 30.5 Å². The summed E-state index contributed by atoms with van der Waals surface area (Å²) in [5.41, 5.74) is 2.01. The van der Waals surface area contributed by atoms with Gasteiger partial charge < -0.3 is 5.11 Å². The molecule has 0 spiro atoms. The zero-order valence-corrected chi connectivity index (χ0v) is 13.2. The summed E-state index contributed by atoms with van der Waals surface area (Å²) in [4.78, 5) is 6.94. The number of rotatable bonds is 3. The summed E-state index contributed by atoms with van der Waals surface area (Å²) in [7, 11) is 0. The van der Waals surface area contributed by atoms with Crippen molar-refractivity contribution in [3.8, 4) is 0 Å². The molecule has 1 aromatic carbocycles. The molecule has 3 aliphatic heterocycles. The van der Waals surface area contributed by atoms with E-state index in [9.17, 15) is 5.11 Å². The summed E-state index contributed by atoms with van der Waals surface area (Å²) < 4.78 is 0. The second-order valence-electron chi connectivity index (χ2n) is 6.88. The highest BCUT2D eigenvalue weighted by atomic mass is 16.3. The Labute approximate surface area is 132 Å². The number of pyridine rings is 1. The molecule has 0 radical (unpaired) electrons. The molecule has 2 bridgehead atoms. The van der Waals surface area contributed by atoms with Crippen molar-refractivity contribution in [2.45, 2.75) is 38.3 Å². The molecule has 0 aliphatic carbocycles. The number of fused-ring (bicyclic) bond motifs is 4. The molecular weight excluding hydrogens is 272 g/mol. The van der Waals surface area contributed by atoms with Gasteiger partial charge in [0.2, 0.25) is 0 Å². The maximum absolute atomic E-state index is 11.1. The summed E-state index contributed by atoms with van der Waals surface area (Å²) in [6.45, 7) is 4.60. The molecule has 0 amide bonds. The Morgan fingerprint density at radius 3 is 2.95 bits per heavy atom. The normalized spacial score (nSPS) is 32.3. The molecule has 2 unspecified atom stereocenters. The first kappa shape index (κ1) is 14.2. The van der Waals surface area contributed by atoms with Crippen LogP contribution in [0.4, 0.5) is 0 Å². The van der Waals surface area contributed by atoms with Crippen LogP contribution in [-0.2, 0) is 0 Å². The summed E-state index contributed by atoms with van der Waals surface area (Å²) in [5, 5.41) is 12.1. The van der Waals surface area contributed by atoms with Gasteiger partial charge in [0.1, 0.15) is 0 Å². The molecule has 3 aliphatic rings. The molecule has 3 fully saturated rings. The quantitative estimate of drug-likeness (QED) is 0.943. The molecule has 3 saturated heterocycles. The van der Waals surface area contributed by atoms with Gasteiger partial charge in [-0.15, -0.1) is 0 Å². The SMILES string of the molecule is CC[C@H]1CN2CCC1C[C@H]2[C@H](O)c1ccnc2ccccc12. The van der Waals surface area contributed by atoms with E-state index in [1.54, 1.807) is 0 Å². The lowest BCUT2D eigenvalue weighted by Crippen LogP contribution is -2.55. The zero-order valence-electron chi connectivity index (χ0n) is 13.2. The highest BCUT2D eigenvalue weighted by molar-refractivity contribution is 5.82. The fourth-order valence-electron chi connectivity index (χ4n) is 4.55. The molecule has 5 rings (SSSR count). The third-order valence-electron chi connectivity index (χ3n) is 5.83. The molecule has 2 aromatic rings. The Hall–Kier alpha value is -1.45. The van der Waals surface area contributed by atoms with Crippen LogP contribution in [0.2, 0.25) is 0 Å². The number of aromatic nitrogens is 1.